The summed E-state index contributed by atoms with van der Waals surface area (Å²) >= 11 is 0. The van der Waals surface area contributed by atoms with Crippen molar-refractivity contribution < 1.29 is 29.8 Å². The second-order valence-electron chi connectivity index (χ2n) is 4.89. The van der Waals surface area contributed by atoms with Gasteiger partial charge in [-0.3, -0.25) is 5.21 Å². The first kappa shape index (κ1) is 15.3. The van der Waals surface area contributed by atoms with Crippen molar-refractivity contribution in [2.45, 2.75) is 0 Å². The van der Waals surface area contributed by atoms with Crippen molar-refractivity contribution in [3.8, 4) is 0 Å². The van der Waals surface area contributed by atoms with Crippen LogP contribution in [0.5, 0.6) is 0 Å². The Kier molecular flexibility index (Phi) is 3.54. The average Bonchev–Trinajstić information content (AvgIpc) is 2.54. The summed E-state index contributed by atoms with van der Waals surface area (Å²) in [6, 6.07) is 8.34. The fourth-order valence-electron chi connectivity index (χ4n) is 2.31. The van der Waals surface area contributed by atoms with E-state index in [1.165, 1.54) is 6.07 Å². The zero-order chi connectivity index (χ0) is 17.4. The van der Waals surface area contributed by atoms with E-state index in [1.54, 1.807) is 18.2 Å². The van der Waals surface area contributed by atoms with E-state index in [0.717, 1.165) is 18.2 Å². The van der Waals surface area contributed by atoms with Gasteiger partial charge in [0.05, 0.1) is 23.3 Å². The van der Waals surface area contributed by atoms with E-state index in [-0.39, 0.29) is 11.4 Å². The van der Waals surface area contributed by atoms with Crippen LogP contribution in [0.1, 0.15) is 20.7 Å². The number of aromatic carboxylic acids is 2. The van der Waals surface area contributed by atoms with Gasteiger partial charge in [-0.1, -0.05) is 12.1 Å². The number of nitrogens with zero attached hydrogens (tertiary/aromatic N) is 2. The second-order valence-corrected chi connectivity index (χ2v) is 4.89. The highest BCUT2D eigenvalue weighted by Gasteiger charge is 2.30. The summed E-state index contributed by atoms with van der Waals surface area (Å²) in [5.74, 6) is -3.27. The summed E-state index contributed by atoms with van der Waals surface area (Å²) < 4.78 is 0. The topological polar surface area (TPSA) is 136 Å². The van der Waals surface area contributed by atoms with E-state index in [4.69, 9.17) is 0 Å². The number of hydrogen-bond donors (Lipinski definition) is 2. The van der Waals surface area contributed by atoms with E-state index < -0.39 is 29.1 Å². The summed E-state index contributed by atoms with van der Waals surface area (Å²) in [7, 11) is 0. The van der Waals surface area contributed by atoms with Crippen LogP contribution in [0.25, 0.3) is 0 Å². The van der Waals surface area contributed by atoms with E-state index >= 15 is 0 Å². The number of urea groups is 1. The van der Waals surface area contributed by atoms with Gasteiger partial charge >= 0.3 is 6.03 Å². The number of nitrogens with one attached hydrogen (secondary N) is 1. The fraction of sp³-hybridized carbons (Fsp3) is 0. The maximum absolute atomic E-state index is 12.2. The Bertz CT molecular complexity index is 834. The van der Waals surface area contributed by atoms with Crippen LogP contribution < -0.4 is 25.7 Å². The molecule has 0 unspecified atom stereocenters. The maximum atomic E-state index is 12.2. The highest BCUT2D eigenvalue weighted by Crippen LogP contribution is 2.33. The predicted octanol–water partition coefficient (Wildman–Crippen LogP) is -0.424. The second kappa shape index (κ2) is 5.56. The molecule has 9 nitrogen and oxygen atoms in total. The van der Waals surface area contributed by atoms with Gasteiger partial charge in [0.2, 0.25) is 0 Å². The molecule has 1 aliphatic heterocycles. The molecule has 3 rings (SSSR count). The van der Waals surface area contributed by atoms with Crippen molar-refractivity contribution in [1.82, 2.24) is 0 Å². The Morgan fingerprint density at radius 1 is 1.00 bits per heavy atom. The van der Waals surface area contributed by atoms with Crippen molar-refractivity contribution in [3.05, 3.63) is 53.6 Å². The molecule has 0 fully saturated rings. The summed E-state index contributed by atoms with van der Waals surface area (Å²) in [6.07, 6.45) is 0. The number of para-hydroxylation sites is 2. The number of fused-ring (bicyclic) bond motifs is 1. The largest absolute Gasteiger partial charge is 0.545 e. The van der Waals surface area contributed by atoms with Gasteiger partial charge in [-0.2, -0.15) is 10.2 Å². The quantitative estimate of drug-likeness (QED) is 0.781. The van der Waals surface area contributed by atoms with E-state index in [1.807, 2.05) is 0 Å². The van der Waals surface area contributed by atoms with E-state index in [9.17, 15) is 29.8 Å². The third-order valence-electron chi connectivity index (χ3n) is 3.38. The highest BCUT2D eigenvalue weighted by molar-refractivity contribution is 6.09. The molecule has 0 aromatic heterocycles. The van der Waals surface area contributed by atoms with Gasteiger partial charge in [-0.05, 0) is 41.5 Å². The molecule has 2 aromatic rings. The zero-order valence-corrected chi connectivity index (χ0v) is 11.9. The summed E-state index contributed by atoms with van der Waals surface area (Å²) in [5.41, 5.74) is -0.604. The van der Waals surface area contributed by atoms with Crippen LogP contribution in [0.3, 0.4) is 0 Å². The molecule has 9 heteroatoms. The third-order valence-corrected chi connectivity index (χ3v) is 3.38. The Hall–Kier alpha value is -3.59. The lowest BCUT2D eigenvalue weighted by Crippen LogP contribution is -2.51. The predicted molar refractivity (Wildman–Crippen MR) is 77.3 cm³/mol. The zero-order valence-electron chi connectivity index (χ0n) is 11.9. The summed E-state index contributed by atoms with van der Waals surface area (Å²) in [4.78, 5) is 34.3. The van der Waals surface area contributed by atoms with Gasteiger partial charge in [0.1, 0.15) is 5.69 Å². The van der Waals surface area contributed by atoms with Crippen molar-refractivity contribution in [1.29, 1.82) is 0 Å². The summed E-state index contributed by atoms with van der Waals surface area (Å²) in [6.45, 7) is 0. The number of carbonyl (C=O) groups excluding carboxylic acids is 3. The molecule has 0 saturated carbocycles. The minimum atomic E-state index is -1.64. The Labute approximate surface area is 134 Å². The van der Waals surface area contributed by atoms with Gasteiger partial charge in [0.25, 0.3) is 0 Å². The molecular formula is C15H9N3O6-2. The molecule has 24 heavy (non-hydrogen) atoms. The fourth-order valence-corrected chi connectivity index (χ4v) is 2.31. The number of carbonyl (C=O) groups is 3. The number of hydrogen-bond acceptors (Lipinski definition) is 7. The van der Waals surface area contributed by atoms with Crippen LogP contribution in [0, 0.1) is 0 Å². The van der Waals surface area contributed by atoms with Crippen molar-refractivity contribution >= 4 is 35.0 Å². The number of hydrazine groups is 1. The monoisotopic (exact) mass is 327 g/mol. The first-order valence-electron chi connectivity index (χ1n) is 6.65. The SMILES string of the molecule is O=C([O-])c1cc(C(=O)[O-])cc(N2C(=O)Nc3ccccc3N2O)c1. The van der Waals surface area contributed by atoms with Crippen molar-refractivity contribution in [2.75, 3.05) is 15.5 Å². The first-order chi connectivity index (χ1) is 11.4. The number of amides is 2. The molecule has 0 aliphatic carbocycles. The lowest BCUT2D eigenvalue weighted by atomic mass is 10.1. The van der Waals surface area contributed by atoms with Crippen LogP contribution >= 0.6 is 0 Å². The molecule has 1 heterocycles. The van der Waals surface area contributed by atoms with Gasteiger partial charge < -0.3 is 25.1 Å². The van der Waals surface area contributed by atoms with Crippen molar-refractivity contribution in [2.24, 2.45) is 0 Å². The van der Waals surface area contributed by atoms with Gasteiger partial charge in [0.15, 0.2) is 0 Å². The molecule has 0 radical (unpaired) electrons. The highest BCUT2D eigenvalue weighted by atomic mass is 16.6. The maximum Gasteiger partial charge on any atom is 0.347 e. The minimum Gasteiger partial charge on any atom is -0.545 e. The van der Waals surface area contributed by atoms with Crippen LogP contribution in [0.15, 0.2) is 42.5 Å². The molecular weight excluding hydrogens is 318 g/mol. The molecule has 0 spiro atoms. The Balaban J connectivity index is 2.13. The molecule has 122 valence electrons. The molecule has 2 amide bonds. The minimum absolute atomic E-state index is 0.189. The van der Waals surface area contributed by atoms with Crippen molar-refractivity contribution in [3.63, 3.8) is 0 Å². The van der Waals surface area contributed by atoms with E-state index in [0.29, 0.717) is 15.9 Å². The van der Waals surface area contributed by atoms with Crippen LogP contribution in [0.4, 0.5) is 21.9 Å². The smallest absolute Gasteiger partial charge is 0.347 e. The number of benzene rings is 2. The number of anilines is 3. The first-order valence-corrected chi connectivity index (χ1v) is 6.65. The molecule has 0 atom stereocenters. The molecule has 1 aliphatic rings. The molecule has 2 aromatic carbocycles. The van der Waals surface area contributed by atoms with Crippen LogP contribution in [-0.4, -0.2) is 23.2 Å². The molecule has 0 bridgehead atoms. The average molecular weight is 327 g/mol. The standard InChI is InChI=1S/C15H11N3O6/c19-13(20)8-5-9(14(21)22)7-10(6-8)17-15(23)16-11-3-1-2-4-12(11)18(17)24/h1-7,24H,(H,16,23)(H,19,20)(H,21,22)/p-2. The van der Waals surface area contributed by atoms with Crippen LogP contribution in [-0.2, 0) is 0 Å². The number of carboxylic acids is 2. The van der Waals surface area contributed by atoms with Crippen LogP contribution in [0.2, 0.25) is 0 Å². The molecule has 0 saturated heterocycles. The van der Waals surface area contributed by atoms with E-state index in [2.05, 4.69) is 5.32 Å². The Morgan fingerprint density at radius 2 is 1.58 bits per heavy atom. The number of rotatable bonds is 3. The number of carboxylic acid groups (broad SMARTS) is 2. The van der Waals surface area contributed by atoms with Gasteiger partial charge in [0, 0.05) is 0 Å². The third kappa shape index (κ3) is 2.48. The lowest BCUT2D eigenvalue weighted by Gasteiger charge is -2.36. The Morgan fingerprint density at radius 3 is 2.17 bits per heavy atom. The summed E-state index contributed by atoms with van der Waals surface area (Å²) in [5, 5.41) is 36.0. The van der Waals surface area contributed by atoms with Gasteiger partial charge in [-0.25, -0.2) is 4.79 Å². The molecule has 2 N–H and O–H groups in total. The normalized spacial score (nSPS) is 13.3. The lowest BCUT2D eigenvalue weighted by molar-refractivity contribution is -0.255. The van der Waals surface area contributed by atoms with Gasteiger partial charge in [-0.15, -0.1) is 0 Å².